The Hall–Kier alpha value is -2.68. The van der Waals surface area contributed by atoms with Crippen molar-refractivity contribution in [3.63, 3.8) is 0 Å². The Morgan fingerprint density at radius 3 is 2.88 bits per heavy atom. The van der Waals surface area contributed by atoms with Gasteiger partial charge in [0.15, 0.2) is 0 Å². The first-order chi connectivity index (χ1) is 7.79. The number of H-pyrrole nitrogens is 1. The van der Waals surface area contributed by atoms with Crippen molar-refractivity contribution in [2.24, 2.45) is 0 Å². The number of carbonyl (C=O) groups is 1. The molecule has 16 heavy (non-hydrogen) atoms. The number of aromatic nitrogens is 3. The second-order valence-corrected chi connectivity index (χ2v) is 2.99. The lowest BCUT2D eigenvalue weighted by atomic mass is 10.2. The zero-order chi connectivity index (χ0) is 11.4. The van der Waals surface area contributed by atoms with Gasteiger partial charge in [-0.05, 0) is 12.1 Å². The highest BCUT2D eigenvalue weighted by Gasteiger charge is 2.07. The quantitative estimate of drug-likeness (QED) is 0.775. The van der Waals surface area contributed by atoms with E-state index in [0.717, 1.165) is 0 Å². The number of amides is 1. The van der Waals surface area contributed by atoms with E-state index in [9.17, 15) is 4.79 Å². The number of aromatic amines is 1. The lowest BCUT2D eigenvalue weighted by Gasteiger charge is -2.00. The first-order valence-electron chi connectivity index (χ1n) is 4.46. The summed E-state index contributed by atoms with van der Waals surface area (Å²) in [5.41, 5.74) is 1.23. The van der Waals surface area contributed by atoms with Crippen LogP contribution in [0.5, 0.6) is 0 Å². The number of pyridine rings is 1. The summed E-state index contributed by atoms with van der Waals surface area (Å²) in [6.45, 7) is 0. The molecule has 0 aromatic carbocycles. The highest BCUT2D eigenvalue weighted by atomic mass is 16.1. The number of nitriles is 1. The van der Waals surface area contributed by atoms with Crippen molar-refractivity contribution in [2.45, 2.75) is 0 Å². The van der Waals surface area contributed by atoms with E-state index in [0.29, 0.717) is 11.3 Å². The summed E-state index contributed by atoms with van der Waals surface area (Å²) in [6, 6.07) is 4.96. The molecule has 0 atom stereocenters. The number of anilines is 1. The zero-order valence-corrected chi connectivity index (χ0v) is 8.14. The molecule has 0 radical (unpaired) electrons. The molecule has 2 aromatic rings. The predicted molar refractivity (Wildman–Crippen MR) is 55.5 cm³/mol. The van der Waals surface area contributed by atoms with Crippen molar-refractivity contribution in [3.8, 4) is 6.07 Å². The first kappa shape index (κ1) is 9.86. The number of hydrogen-bond acceptors (Lipinski definition) is 4. The van der Waals surface area contributed by atoms with E-state index in [2.05, 4.69) is 20.5 Å². The largest absolute Gasteiger partial charge is 0.318 e. The maximum Gasteiger partial charge on any atom is 0.274 e. The standard InChI is InChI=1S/C10H7N5O/c11-3-7-1-2-9(12-4-7)10(16)15-8-5-13-14-6-8/h1-2,4-6H,(H,13,14)(H,15,16). The highest BCUT2D eigenvalue weighted by Crippen LogP contribution is 2.05. The predicted octanol–water partition coefficient (Wildman–Crippen LogP) is 0.929. The average molecular weight is 213 g/mol. The second-order valence-electron chi connectivity index (χ2n) is 2.99. The average Bonchev–Trinajstić information content (AvgIpc) is 2.82. The van der Waals surface area contributed by atoms with E-state index in [1.165, 1.54) is 24.5 Å². The molecule has 2 aromatic heterocycles. The van der Waals surface area contributed by atoms with Crippen molar-refractivity contribution in [3.05, 3.63) is 42.0 Å². The van der Waals surface area contributed by atoms with Crippen LogP contribution in [-0.4, -0.2) is 21.1 Å². The summed E-state index contributed by atoms with van der Waals surface area (Å²) in [7, 11) is 0. The Labute approximate surface area is 90.9 Å². The van der Waals surface area contributed by atoms with Crippen molar-refractivity contribution < 1.29 is 4.79 Å². The van der Waals surface area contributed by atoms with E-state index in [-0.39, 0.29) is 11.6 Å². The van der Waals surface area contributed by atoms with Crippen LogP contribution in [0.3, 0.4) is 0 Å². The molecule has 0 aliphatic carbocycles. The summed E-state index contributed by atoms with van der Waals surface area (Å²) in [6.07, 6.45) is 4.40. The van der Waals surface area contributed by atoms with Crippen LogP contribution in [0, 0.1) is 11.3 Å². The van der Waals surface area contributed by atoms with E-state index < -0.39 is 0 Å². The van der Waals surface area contributed by atoms with Crippen LogP contribution in [0.15, 0.2) is 30.7 Å². The van der Waals surface area contributed by atoms with Crippen molar-refractivity contribution in [1.29, 1.82) is 5.26 Å². The summed E-state index contributed by atoms with van der Waals surface area (Å²) in [5, 5.41) is 17.4. The fraction of sp³-hybridized carbons (Fsp3) is 0. The number of carbonyl (C=O) groups excluding carboxylic acids is 1. The number of nitrogens with zero attached hydrogens (tertiary/aromatic N) is 3. The monoisotopic (exact) mass is 213 g/mol. The minimum atomic E-state index is -0.342. The maximum absolute atomic E-state index is 11.6. The molecule has 0 saturated carbocycles. The van der Waals surface area contributed by atoms with Crippen LogP contribution in [0.25, 0.3) is 0 Å². The minimum absolute atomic E-state index is 0.250. The van der Waals surface area contributed by atoms with Crippen LogP contribution in [-0.2, 0) is 0 Å². The molecular formula is C10H7N5O. The Bertz CT molecular complexity index is 523. The van der Waals surface area contributed by atoms with Gasteiger partial charge in [0.25, 0.3) is 5.91 Å². The Balaban J connectivity index is 2.12. The number of nitrogens with one attached hydrogen (secondary N) is 2. The van der Waals surface area contributed by atoms with Crippen LogP contribution < -0.4 is 5.32 Å². The molecule has 2 rings (SSSR count). The third-order valence-electron chi connectivity index (χ3n) is 1.88. The van der Waals surface area contributed by atoms with Crippen molar-refractivity contribution >= 4 is 11.6 Å². The van der Waals surface area contributed by atoms with E-state index >= 15 is 0 Å². The second kappa shape index (κ2) is 4.23. The fourth-order valence-corrected chi connectivity index (χ4v) is 1.11. The molecule has 0 fully saturated rings. The Kier molecular flexibility index (Phi) is 2.61. The van der Waals surface area contributed by atoms with Gasteiger partial charge in [0.05, 0.1) is 17.4 Å². The van der Waals surface area contributed by atoms with Crippen molar-refractivity contribution in [1.82, 2.24) is 15.2 Å². The molecule has 0 bridgehead atoms. The lowest BCUT2D eigenvalue weighted by Crippen LogP contribution is -2.13. The molecule has 2 heterocycles. The fourth-order valence-electron chi connectivity index (χ4n) is 1.11. The molecule has 0 aliphatic heterocycles. The van der Waals surface area contributed by atoms with Gasteiger partial charge in [-0.1, -0.05) is 0 Å². The molecule has 78 valence electrons. The molecule has 1 amide bonds. The number of hydrogen-bond donors (Lipinski definition) is 2. The van der Waals surface area contributed by atoms with Gasteiger partial charge in [-0.15, -0.1) is 0 Å². The van der Waals surface area contributed by atoms with Crippen LogP contribution in [0.1, 0.15) is 16.1 Å². The van der Waals surface area contributed by atoms with E-state index in [1.807, 2.05) is 6.07 Å². The summed E-state index contributed by atoms with van der Waals surface area (Å²) >= 11 is 0. The molecular weight excluding hydrogens is 206 g/mol. The van der Waals surface area contributed by atoms with Gasteiger partial charge >= 0.3 is 0 Å². The Morgan fingerprint density at radius 2 is 2.31 bits per heavy atom. The number of rotatable bonds is 2. The van der Waals surface area contributed by atoms with Gasteiger partial charge in [0.2, 0.25) is 0 Å². The summed E-state index contributed by atoms with van der Waals surface area (Å²) in [4.78, 5) is 15.5. The van der Waals surface area contributed by atoms with Crippen LogP contribution in [0.4, 0.5) is 5.69 Å². The van der Waals surface area contributed by atoms with Gasteiger partial charge in [-0.3, -0.25) is 9.89 Å². The van der Waals surface area contributed by atoms with Gasteiger partial charge in [-0.25, -0.2) is 4.98 Å². The molecule has 0 unspecified atom stereocenters. The van der Waals surface area contributed by atoms with Gasteiger partial charge in [0.1, 0.15) is 11.8 Å². The zero-order valence-electron chi connectivity index (χ0n) is 8.14. The molecule has 0 saturated heterocycles. The molecule has 0 spiro atoms. The normalized spacial score (nSPS) is 9.44. The molecule has 2 N–H and O–H groups in total. The SMILES string of the molecule is N#Cc1ccc(C(=O)Nc2cn[nH]c2)nc1. The van der Waals surface area contributed by atoms with Crippen LogP contribution in [0.2, 0.25) is 0 Å². The van der Waals surface area contributed by atoms with E-state index in [4.69, 9.17) is 5.26 Å². The van der Waals surface area contributed by atoms with E-state index in [1.54, 1.807) is 6.20 Å². The third kappa shape index (κ3) is 2.04. The van der Waals surface area contributed by atoms with Crippen molar-refractivity contribution in [2.75, 3.05) is 5.32 Å². The minimum Gasteiger partial charge on any atom is -0.318 e. The first-order valence-corrected chi connectivity index (χ1v) is 4.46. The topological polar surface area (TPSA) is 94.5 Å². The Morgan fingerprint density at radius 1 is 1.44 bits per heavy atom. The van der Waals surface area contributed by atoms with Gasteiger partial charge in [0, 0.05) is 12.4 Å². The smallest absolute Gasteiger partial charge is 0.274 e. The lowest BCUT2D eigenvalue weighted by molar-refractivity contribution is 0.102. The third-order valence-corrected chi connectivity index (χ3v) is 1.88. The summed E-state index contributed by atoms with van der Waals surface area (Å²) in [5.74, 6) is -0.342. The molecule has 6 nitrogen and oxygen atoms in total. The van der Waals surface area contributed by atoms with Gasteiger partial charge in [-0.2, -0.15) is 10.4 Å². The highest BCUT2D eigenvalue weighted by molar-refractivity contribution is 6.02. The maximum atomic E-state index is 11.6. The molecule has 0 aliphatic rings. The molecule has 6 heteroatoms. The van der Waals surface area contributed by atoms with Crippen LogP contribution >= 0.6 is 0 Å². The summed E-state index contributed by atoms with van der Waals surface area (Å²) < 4.78 is 0. The van der Waals surface area contributed by atoms with Gasteiger partial charge < -0.3 is 5.32 Å².